The van der Waals surface area contributed by atoms with E-state index in [0.29, 0.717) is 38.0 Å². The standard InChI is InChI=1S/C25H42N6O4/c1-17(2)14-22(29-23(33)21(26)15-19-10-6-5-7-11-19)24(34)31(30-25(27)35)20(16-32)12-8-9-13-28-18(3)4/h5-7,10-11,16-18,20-22,28H,8-9,12-15,26H2,1-4H3,(H,29,33)(H3,27,30,35)/t20-,21+,22-/m0/s1. The number of unbranched alkanes of at least 4 members (excludes halogenated alkanes) is 1. The van der Waals surface area contributed by atoms with E-state index >= 15 is 0 Å². The van der Waals surface area contributed by atoms with Crippen molar-refractivity contribution in [2.24, 2.45) is 17.4 Å². The van der Waals surface area contributed by atoms with Gasteiger partial charge in [-0.3, -0.25) is 9.59 Å². The van der Waals surface area contributed by atoms with Crippen LogP contribution in [0.1, 0.15) is 58.9 Å². The first-order chi connectivity index (χ1) is 16.5. The molecule has 0 aliphatic heterocycles. The molecule has 0 bridgehead atoms. The zero-order valence-corrected chi connectivity index (χ0v) is 21.3. The van der Waals surface area contributed by atoms with Gasteiger partial charge in [0.25, 0.3) is 5.91 Å². The van der Waals surface area contributed by atoms with Gasteiger partial charge in [0, 0.05) is 6.04 Å². The molecule has 0 heterocycles. The normalized spacial score (nSPS) is 13.7. The molecule has 0 aliphatic carbocycles. The molecule has 1 rings (SSSR count). The molecule has 0 radical (unpaired) electrons. The Hall–Kier alpha value is -2.98. The molecule has 0 aromatic heterocycles. The van der Waals surface area contributed by atoms with Gasteiger partial charge in [-0.05, 0) is 50.1 Å². The van der Waals surface area contributed by atoms with Crippen LogP contribution in [0.3, 0.4) is 0 Å². The Labute approximate surface area is 208 Å². The van der Waals surface area contributed by atoms with E-state index in [1.54, 1.807) is 0 Å². The van der Waals surface area contributed by atoms with E-state index in [2.05, 4.69) is 16.1 Å². The third kappa shape index (κ3) is 11.8. The third-order valence-corrected chi connectivity index (χ3v) is 5.39. The van der Waals surface area contributed by atoms with Crippen molar-refractivity contribution in [3.8, 4) is 0 Å². The van der Waals surface area contributed by atoms with Gasteiger partial charge in [0.2, 0.25) is 5.91 Å². The fraction of sp³-hybridized carbons (Fsp3) is 0.600. The number of carbonyl (C=O) groups excluding carboxylic acids is 4. The highest BCUT2D eigenvalue weighted by molar-refractivity contribution is 5.92. The molecule has 0 saturated carbocycles. The Bertz CT molecular complexity index is 802. The summed E-state index contributed by atoms with van der Waals surface area (Å²) in [4.78, 5) is 49.8. The molecule has 1 aromatic carbocycles. The maximum atomic E-state index is 13.4. The van der Waals surface area contributed by atoms with E-state index in [1.807, 2.05) is 58.0 Å². The topological polar surface area (TPSA) is 160 Å². The van der Waals surface area contributed by atoms with Crippen LogP contribution in [0.5, 0.6) is 0 Å². The smallest absolute Gasteiger partial charge is 0.331 e. The summed E-state index contributed by atoms with van der Waals surface area (Å²) in [7, 11) is 0. The van der Waals surface area contributed by atoms with Crippen LogP contribution in [0.25, 0.3) is 0 Å². The zero-order valence-electron chi connectivity index (χ0n) is 21.3. The lowest BCUT2D eigenvalue weighted by atomic mass is 10.0. The Morgan fingerprint density at radius 1 is 1.06 bits per heavy atom. The van der Waals surface area contributed by atoms with Crippen molar-refractivity contribution >= 4 is 24.1 Å². The predicted octanol–water partition coefficient (Wildman–Crippen LogP) is 1.24. The molecule has 196 valence electrons. The van der Waals surface area contributed by atoms with Crippen molar-refractivity contribution < 1.29 is 19.2 Å². The van der Waals surface area contributed by atoms with Gasteiger partial charge in [0.1, 0.15) is 18.4 Å². The van der Waals surface area contributed by atoms with E-state index in [4.69, 9.17) is 11.5 Å². The number of amides is 4. The molecule has 7 N–H and O–H groups in total. The summed E-state index contributed by atoms with van der Waals surface area (Å²) in [6.07, 6.45) is 2.99. The van der Waals surface area contributed by atoms with Gasteiger partial charge < -0.3 is 26.9 Å². The first kappa shape index (κ1) is 30.1. The Kier molecular flexibility index (Phi) is 13.6. The van der Waals surface area contributed by atoms with Gasteiger partial charge in [-0.1, -0.05) is 58.0 Å². The van der Waals surface area contributed by atoms with E-state index < -0.39 is 36.0 Å². The number of benzene rings is 1. The van der Waals surface area contributed by atoms with Crippen molar-refractivity contribution in [3.05, 3.63) is 35.9 Å². The molecule has 35 heavy (non-hydrogen) atoms. The lowest BCUT2D eigenvalue weighted by Gasteiger charge is -2.32. The molecular weight excluding hydrogens is 448 g/mol. The second kappa shape index (κ2) is 15.8. The number of nitrogens with zero attached hydrogens (tertiary/aromatic N) is 1. The third-order valence-electron chi connectivity index (χ3n) is 5.39. The molecule has 0 aliphatic rings. The number of nitrogens with two attached hydrogens (primary N) is 2. The highest BCUT2D eigenvalue weighted by Crippen LogP contribution is 2.13. The van der Waals surface area contributed by atoms with Crippen molar-refractivity contribution in [1.82, 2.24) is 21.1 Å². The largest absolute Gasteiger partial charge is 0.350 e. The molecule has 0 fully saturated rings. The van der Waals surface area contributed by atoms with Crippen molar-refractivity contribution in [3.63, 3.8) is 0 Å². The second-order valence-electron chi connectivity index (χ2n) is 9.48. The fourth-order valence-corrected chi connectivity index (χ4v) is 3.65. The van der Waals surface area contributed by atoms with Crippen LogP contribution in [0.2, 0.25) is 0 Å². The van der Waals surface area contributed by atoms with Crippen LogP contribution in [-0.2, 0) is 20.8 Å². The predicted molar refractivity (Wildman–Crippen MR) is 136 cm³/mol. The van der Waals surface area contributed by atoms with Crippen molar-refractivity contribution in [2.75, 3.05) is 6.54 Å². The van der Waals surface area contributed by atoms with E-state index in [-0.39, 0.29) is 5.92 Å². The Morgan fingerprint density at radius 3 is 2.26 bits per heavy atom. The molecule has 10 heteroatoms. The molecule has 0 saturated heterocycles. The van der Waals surface area contributed by atoms with Gasteiger partial charge in [-0.2, -0.15) is 0 Å². The monoisotopic (exact) mass is 490 g/mol. The maximum Gasteiger partial charge on any atom is 0.331 e. The minimum Gasteiger partial charge on any atom is -0.350 e. The number of hydrogen-bond donors (Lipinski definition) is 5. The summed E-state index contributed by atoms with van der Waals surface area (Å²) in [5.41, 5.74) is 14.6. The van der Waals surface area contributed by atoms with Gasteiger partial charge >= 0.3 is 6.03 Å². The summed E-state index contributed by atoms with van der Waals surface area (Å²) in [6, 6.07) is 5.93. The molecule has 4 amide bonds. The summed E-state index contributed by atoms with van der Waals surface area (Å²) < 4.78 is 0. The molecule has 0 spiro atoms. The van der Waals surface area contributed by atoms with Gasteiger partial charge in [-0.15, -0.1) is 0 Å². The molecular formula is C25H42N6O4. The van der Waals surface area contributed by atoms with Crippen molar-refractivity contribution in [2.45, 2.75) is 84.0 Å². The number of rotatable bonds is 15. The summed E-state index contributed by atoms with van der Waals surface area (Å²) in [6.45, 7) is 8.66. The van der Waals surface area contributed by atoms with Crippen LogP contribution < -0.4 is 27.5 Å². The summed E-state index contributed by atoms with van der Waals surface area (Å²) in [5.74, 6) is -1.06. The summed E-state index contributed by atoms with van der Waals surface area (Å²) in [5, 5.41) is 6.95. The average molecular weight is 491 g/mol. The Morgan fingerprint density at radius 2 is 1.71 bits per heavy atom. The fourth-order valence-electron chi connectivity index (χ4n) is 3.65. The number of primary amides is 1. The molecule has 10 nitrogen and oxygen atoms in total. The number of nitrogens with one attached hydrogen (secondary N) is 3. The highest BCUT2D eigenvalue weighted by Gasteiger charge is 2.33. The van der Waals surface area contributed by atoms with Crippen LogP contribution in [-0.4, -0.2) is 59.9 Å². The van der Waals surface area contributed by atoms with Gasteiger partial charge in [-0.25, -0.2) is 15.2 Å². The number of carbonyl (C=O) groups is 4. The molecule has 3 atom stereocenters. The van der Waals surface area contributed by atoms with Gasteiger partial charge in [0.05, 0.1) is 6.04 Å². The van der Waals surface area contributed by atoms with Gasteiger partial charge in [0.15, 0.2) is 0 Å². The Balaban J connectivity index is 2.94. The summed E-state index contributed by atoms with van der Waals surface area (Å²) >= 11 is 0. The minimum atomic E-state index is -0.985. The SMILES string of the molecule is CC(C)C[C@H](NC(=O)[C@H](N)Cc1ccccc1)C(=O)N(NC(N)=O)[C@H](C=O)CCCCNC(C)C. The number of aldehydes is 1. The maximum absolute atomic E-state index is 13.4. The van der Waals surface area contributed by atoms with Crippen LogP contribution in [0, 0.1) is 5.92 Å². The number of urea groups is 1. The minimum absolute atomic E-state index is 0.0433. The average Bonchev–Trinajstić information content (AvgIpc) is 2.79. The lowest BCUT2D eigenvalue weighted by Crippen LogP contribution is -2.61. The van der Waals surface area contributed by atoms with Crippen molar-refractivity contribution in [1.29, 1.82) is 0 Å². The van der Waals surface area contributed by atoms with E-state index in [0.717, 1.165) is 23.5 Å². The van der Waals surface area contributed by atoms with Crippen LogP contribution in [0.4, 0.5) is 4.79 Å². The lowest BCUT2D eigenvalue weighted by molar-refractivity contribution is -0.143. The molecule has 1 aromatic rings. The van der Waals surface area contributed by atoms with E-state index in [1.165, 1.54) is 0 Å². The van der Waals surface area contributed by atoms with E-state index in [9.17, 15) is 19.2 Å². The first-order valence-electron chi connectivity index (χ1n) is 12.2. The van der Waals surface area contributed by atoms with Crippen LogP contribution in [0.15, 0.2) is 30.3 Å². The highest BCUT2D eigenvalue weighted by atomic mass is 16.2. The number of hydrogen-bond acceptors (Lipinski definition) is 6. The second-order valence-corrected chi connectivity index (χ2v) is 9.48. The quantitative estimate of drug-likeness (QED) is 0.141. The number of hydrazine groups is 1. The zero-order chi connectivity index (χ0) is 26.4. The molecule has 0 unspecified atom stereocenters. The van der Waals surface area contributed by atoms with Crippen LogP contribution >= 0.6 is 0 Å². The first-order valence-corrected chi connectivity index (χ1v) is 12.2.